The van der Waals surface area contributed by atoms with Gasteiger partial charge in [-0.15, -0.1) is 11.8 Å². The lowest BCUT2D eigenvalue weighted by molar-refractivity contribution is 1.10. The van der Waals surface area contributed by atoms with E-state index < -0.39 is 0 Å². The second-order valence-corrected chi connectivity index (χ2v) is 3.94. The van der Waals surface area contributed by atoms with E-state index in [4.69, 9.17) is 5.73 Å². The van der Waals surface area contributed by atoms with Crippen LogP contribution in [0.1, 0.15) is 5.56 Å². The first-order chi connectivity index (χ1) is 6.86. The average Bonchev–Trinajstić information content (AvgIpc) is 2.63. The van der Waals surface area contributed by atoms with Crippen LogP contribution in [-0.4, -0.2) is 10.2 Å². The van der Waals surface area contributed by atoms with E-state index in [-0.39, 0.29) is 0 Å². The number of hydrogen-bond acceptors (Lipinski definition) is 3. The number of nitrogen functional groups attached to an aromatic ring is 1. The molecule has 3 N–H and O–H groups in total. The van der Waals surface area contributed by atoms with E-state index in [0.29, 0.717) is 5.82 Å². The Morgan fingerprint density at radius 1 is 1.29 bits per heavy atom. The minimum absolute atomic E-state index is 0.644. The smallest absolute Gasteiger partial charge is 0.132 e. The molecule has 1 heterocycles. The molecular weight excluding hydrogens is 194 g/mol. The van der Waals surface area contributed by atoms with E-state index in [1.807, 2.05) is 18.2 Å². The Hall–Kier alpha value is -1.42. The molecule has 0 fully saturated rings. The zero-order valence-electron chi connectivity index (χ0n) is 7.60. The van der Waals surface area contributed by atoms with Gasteiger partial charge in [0.2, 0.25) is 0 Å². The Morgan fingerprint density at radius 3 is 2.71 bits per heavy atom. The number of hydrogen-bond donors (Lipinski definition) is 2. The molecule has 14 heavy (non-hydrogen) atoms. The van der Waals surface area contributed by atoms with Gasteiger partial charge < -0.3 is 5.73 Å². The predicted octanol–water partition coefficient (Wildman–Crippen LogP) is 2.28. The molecule has 0 aliphatic rings. The third kappa shape index (κ3) is 2.09. The van der Waals surface area contributed by atoms with Gasteiger partial charge in [0.25, 0.3) is 0 Å². The molecule has 72 valence electrons. The van der Waals surface area contributed by atoms with Gasteiger partial charge in [-0.1, -0.05) is 30.3 Å². The van der Waals surface area contributed by atoms with Crippen molar-refractivity contribution >= 4 is 17.6 Å². The monoisotopic (exact) mass is 205 g/mol. The van der Waals surface area contributed by atoms with Gasteiger partial charge in [-0.2, -0.15) is 5.10 Å². The molecule has 0 saturated carbocycles. The first-order valence-electron chi connectivity index (χ1n) is 4.32. The summed E-state index contributed by atoms with van der Waals surface area (Å²) in [5.74, 6) is 1.57. The van der Waals surface area contributed by atoms with Gasteiger partial charge in [-0.3, -0.25) is 5.10 Å². The highest BCUT2D eigenvalue weighted by molar-refractivity contribution is 7.98. The predicted molar refractivity (Wildman–Crippen MR) is 59.0 cm³/mol. The maximum absolute atomic E-state index is 5.67. The topological polar surface area (TPSA) is 54.7 Å². The highest BCUT2D eigenvalue weighted by Gasteiger charge is 2.01. The molecule has 0 radical (unpaired) electrons. The van der Waals surface area contributed by atoms with Crippen molar-refractivity contribution < 1.29 is 0 Å². The first-order valence-corrected chi connectivity index (χ1v) is 5.30. The quantitative estimate of drug-likeness (QED) is 0.756. The zero-order chi connectivity index (χ0) is 9.80. The van der Waals surface area contributed by atoms with Gasteiger partial charge in [0.15, 0.2) is 0 Å². The van der Waals surface area contributed by atoms with Crippen LogP contribution in [0.15, 0.2) is 41.4 Å². The van der Waals surface area contributed by atoms with E-state index in [1.54, 1.807) is 18.0 Å². The Bertz CT molecular complexity index is 397. The van der Waals surface area contributed by atoms with Gasteiger partial charge in [-0.25, -0.2) is 0 Å². The van der Waals surface area contributed by atoms with Crippen LogP contribution >= 0.6 is 11.8 Å². The molecule has 1 aromatic carbocycles. The summed E-state index contributed by atoms with van der Waals surface area (Å²) in [5.41, 5.74) is 6.96. The summed E-state index contributed by atoms with van der Waals surface area (Å²) in [4.78, 5) is 1.01. The number of rotatable bonds is 3. The second kappa shape index (κ2) is 4.19. The summed E-state index contributed by atoms with van der Waals surface area (Å²) >= 11 is 1.69. The number of nitrogens with one attached hydrogen (secondary N) is 1. The highest BCUT2D eigenvalue weighted by Crippen LogP contribution is 2.25. The molecule has 0 saturated heterocycles. The Morgan fingerprint density at radius 2 is 2.07 bits per heavy atom. The number of nitrogens with zero attached hydrogens (tertiary/aromatic N) is 1. The number of thioether (sulfide) groups is 1. The van der Waals surface area contributed by atoms with E-state index in [0.717, 1.165) is 10.6 Å². The summed E-state index contributed by atoms with van der Waals surface area (Å²) in [5, 5.41) is 6.57. The normalized spacial score (nSPS) is 10.3. The fourth-order valence-corrected chi connectivity index (χ4v) is 1.98. The van der Waals surface area contributed by atoms with Gasteiger partial charge >= 0.3 is 0 Å². The van der Waals surface area contributed by atoms with Crippen molar-refractivity contribution in [2.45, 2.75) is 10.6 Å². The number of benzene rings is 1. The molecule has 0 bridgehead atoms. The molecule has 0 amide bonds. The van der Waals surface area contributed by atoms with Crippen LogP contribution in [0.4, 0.5) is 5.82 Å². The lowest BCUT2D eigenvalue weighted by Gasteiger charge is -1.99. The van der Waals surface area contributed by atoms with E-state index in [1.165, 1.54) is 5.56 Å². The van der Waals surface area contributed by atoms with Crippen molar-refractivity contribution in [3.63, 3.8) is 0 Å². The van der Waals surface area contributed by atoms with E-state index in [9.17, 15) is 0 Å². The largest absolute Gasteiger partial charge is 0.383 e. The summed E-state index contributed by atoms with van der Waals surface area (Å²) in [6.45, 7) is 0. The number of anilines is 1. The molecule has 0 aliphatic heterocycles. The Kier molecular flexibility index (Phi) is 2.74. The van der Waals surface area contributed by atoms with Gasteiger partial charge in [0.05, 0.1) is 11.1 Å². The average molecular weight is 205 g/mol. The van der Waals surface area contributed by atoms with Gasteiger partial charge in [0.1, 0.15) is 5.82 Å². The Balaban J connectivity index is 1.99. The molecule has 4 heteroatoms. The maximum Gasteiger partial charge on any atom is 0.132 e. The van der Waals surface area contributed by atoms with Crippen molar-refractivity contribution in [3.05, 3.63) is 42.1 Å². The van der Waals surface area contributed by atoms with Gasteiger partial charge in [-0.05, 0) is 5.56 Å². The molecule has 0 spiro atoms. The Labute approximate surface area is 86.7 Å². The van der Waals surface area contributed by atoms with Crippen molar-refractivity contribution in [1.29, 1.82) is 0 Å². The summed E-state index contributed by atoms with van der Waals surface area (Å²) in [7, 11) is 0. The summed E-state index contributed by atoms with van der Waals surface area (Å²) < 4.78 is 0. The molecule has 2 aromatic rings. The first kappa shape index (κ1) is 9.15. The van der Waals surface area contributed by atoms with Crippen LogP contribution in [0, 0.1) is 0 Å². The second-order valence-electron chi connectivity index (χ2n) is 2.92. The third-order valence-electron chi connectivity index (χ3n) is 1.87. The molecule has 0 atom stereocenters. The van der Waals surface area contributed by atoms with E-state index >= 15 is 0 Å². The minimum Gasteiger partial charge on any atom is -0.383 e. The number of aromatic amines is 1. The molecular formula is C10H11N3S. The van der Waals surface area contributed by atoms with Crippen molar-refractivity contribution in [2.75, 3.05) is 5.73 Å². The summed E-state index contributed by atoms with van der Waals surface area (Å²) in [6, 6.07) is 10.3. The highest BCUT2D eigenvalue weighted by atomic mass is 32.2. The number of aromatic nitrogens is 2. The SMILES string of the molecule is Nc1[nH]ncc1SCc1ccccc1. The van der Waals surface area contributed by atoms with Crippen molar-refractivity contribution in [3.8, 4) is 0 Å². The van der Waals surface area contributed by atoms with Crippen molar-refractivity contribution in [2.24, 2.45) is 0 Å². The van der Waals surface area contributed by atoms with Gasteiger partial charge in [0, 0.05) is 5.75 Å². The van der Waals surface area contributed by atoms with Crippen LogP contribution in [0.25, 0.3) is 0 Å². The van der Waals surface area contributed by atoms with Crippen LogP contribution in [0.3, 0.4) is 0 Å². The zero-order valence-corrected chi connectivity index (χ0v) is 8.42. The van der Waals surface area contributed by atoms with Crippen LogP contribution in [-0.2, 0) is 5.75 Å². The van der Waals surface area contributed by atoms with Crippen molar-refractivity contribution in [1.82, 2.24) is 10.2 Å². The van der Waals surface area contributed by atoms with Crippen LogP contribution in [0.5, 0.6) is 0 Å². The lowest BCUT2D eigenvalue weighted by Crippen LogP contribution is -1.86. The molecule has 2 rings (SSSR count). The minimum atomic E-state index is 0.644. The molecule has 0 unspecified atom stereocenters. The molecule has 1 aromatic heterocycles. The van der Waals surface area contributed by atoms with E-state index in [2.05, 4.69) is 22.3 Å². The molecule has 0 aliphatic carbocycles. The standard InChI is InChI=1S/C10H11N3S/c11-10-9(6-12-13-10)14-7-8-4-2-1-3-5-8/h1-6H,7H2,(H3,11,12,13). The lowest BCUT2D eigenvalue weighted by atomic mass is 10.2. The fraction of sp³-hybridized carbons (Fsp3) is 0.100. The fourth-order valence-electron chi connectivity index (χ4n) is 1.14. The number of nitrogens with two attached hydrogens (primary N) is 1. The van der Waals surface area contributed by atoms with Crippen LogP contribution in [0.2, 0.25) is 0 Å². The third-order valence-corrected chi connectivity index (χ3v) is 2.98. The summed E-state index contributed by atoms with van der Waals surface area (Å²) in [6.07, 6.45) is 1.75. The van der Waals surface area contributed by atoms with Crippen LogP contribution < -0.4 is 5.73 Å². The number of H-pyrrole nitrogens is 1. The maximum atomic E-state index is 5.67. The molecule has 3 nitrogen and oxygen atoms in total.